The Kier molecular flexibility index (Phi) is 7.07. The summed E-state index contributed by atoms with van der Waals surface area (Å²) < 4.78 is 0. The van der Waals surface area contributed by atoms with E-state index in [1.54, 1.807) is 6.20 Å². The largest absolute Gasteiger partial charge is 0.255 e. The lowest BCUT2D eigenvalue weighted by Crippen LogP contribution is -1.91. The van der Waals surface area contributed by atoms with Crippen LogP contribution in [0.25, 0.3) is 99.9 Å². The summed E-state index contributed by atoms with van der Waals surface area (Å²) in [5, 5.41) is 4.30. The molecule has 5 aromatic carbocycles. The molecule has 5 heteroatoms. The maximum absolute atomic E-state index is 5.20. The molecule has 0 bridgehead atoms. The molecule has 52 heavy (non-hydrogen) atoms. The molecule has 0 fully saturated rings. The first-order chi connectivity index (χ1) is 25.7. The standard InChI is InChI=1S/C47H29N5/c1-2-7-30(8-3-1)39-23-20-33-14-15-34-21-24-41(52-47(34)46(33)51-39)37-10-6-9-35(27-37)36-16-12-31-18-22-40(49-44(31)28-36)38-17-13-32-19-25-43(50-45(32)29-38)42-11-4-5-26-48-42/h1-29H. The Balaban J connectivity index is 1.00. The van der Waals surface area contributed by atoms with Crippen molar-refractivity contribution < 1.29 is 0 Å². The van der Waals surface area contributed by atoms with E-state index in [9.17, 15) is 0 Å². The van der Waals surface area contributed by atoms with Gasteiger partial charge >= 0.3 is 0 Å². The molecule has 5 heterocycles. The SMILES string of the molecule is c1ccc(-c2ccc3ccc4ccc(-c5cccc(-c6ccc7ccc(-c8ccc9ccc(-c%10ccccn%10)nc9c8)nc7c6)c5)nc4c3n2)cc1. The molecule has 242 valence electrons. The normalized spacial score (nSPS) is 11.5. The number of benzene rings is 5. The van der Waals surface area contributed by atoms with Gasteiger partial charge in [-0.2, -0.15) is 0 Å². The number of hydrogen-bond acceptors (Lipinski definition) is 5. The van der Waals surface area contributed by atoms with Crippen LogP contribution < -0.4 is 0 Å². The maximum Gasteiger partial charge on any atom is 0.0972 e. The zero-order valence-corrected chi connectivity index (χ0v) is 28.0. The van der Waals surface area contributed by atoms with E-state index in [1.165, 1.54) is 0 Å². The van der Waals surface area contributed by atoms with E-state index in [4.69, 9.17) is 19.9 Å². The van der Waals surface area contributed by atoms with E-state index < -0.39 is 0 Å². The Morgan fingerprint density at radius 2 is 0.750 bits per heavy atom. The lowest BCUT2D eigenvalue weighted by Gasteiger charge is -2.10. The van der Waals surface area contributed by atoms with Crippen LogP contribution >= 0.6 is 0 Å². The van der Waals surface area contributed by atoms with E-state index in [0.717, 1.165) is 99.9 Å². The molecule has 0 aliphatic rings. The summed E-state index contributed by atoms with van der Waals surface area (Å²) in [5.41, 5.74) is 13.5. The average Bonchev–Trinajstić information content (AvgIpc) is 3.23. The van der Waals surface area contributed by atoms with Crippen molar-refractivity contribution >= 4 is 43.6 Å². The Morgan fingerprint density at radius 3 is 1.46 bits per heavy atom. The Labute approximate surface area is 300 Å². The van der Waals surface area contributed by atoms with Crippen LogP contribution in [0, 0.1) is 0 Å². The van der Waals surface area contributed by atoms with Crippen LogP contribution in [0.2, 0.25) is 0 Å². The molecule has 0 radical (unpaired) electrons. The van der Waals surface area contributed by atoms with Crippen LogP contribution in [0.4, 0.5) is 0 Å². The molecule has 0 atom stereocenters. The van der Waals surface area contributed by atoms with Crippen molar-refractivity contribution in [3.8, 4) is 56.3 Å². The van der Waals surface area contributed by atoms with Gasteiger partial charge in [0.25, 0.3) is 0 Å². The van der Waals surface area contributed by atoms with Gasteiger partial charge in [0.2, 0.25) is 0 Å². The van der Waals surface area contributed by atoms with E-state index in [2.05, 4.69) is 132 Å². The molecular weight excluding hydrogens is 635 g/mol. The van der Waals surface area contributed by atoms with Gasteiger partial charge in [-0.15, -0.1) is 0 Å². The van der Waals surface area contributed by atoms with Crippen molar-refractivity contribution in [3.05, 3.63) is 176 Å². The van der Waals surface area contributed by atoms with Crippen molar-refractivity contribution in [1.82, 2.24) is 24.9 Å². The smallest absolute Gasteiger partial charge is 0.0972 e. The second kappa shape index (κ2) is 12.3. The monoisotopic (exact) mass is 663 g/mol. The first kappa shape index (κ1) is 29.8. The number of aromatic nitrogens is 5. The van der Waals surface area contributed by atoms with Gasteiger partial charge in [-0.05, 0) is 65.7 Å². The highest BCUT2D eigenvalue weighted by Gasteiger charge is 2.11. The van der Waals surface area contributed by atoms with Gasteiger partial charge in [0.05, 0.1) is 50.5 Å². The van der Waals surface area contributed by atoms with Crippen LogP contribution in [-0.4, -0.2) is 24.9 Å². The Hall–Kier alpha value is -7.11. The highest BCUT2D eigenvalue weighted by Crippen LogP contribution is 2.32. The van der Waals surface area contributed by atoms with Gasteiger partial charge in [0.15, 0.2) is 0 Å². The summed E-state index contributed by atoms with van der Waals surface area (Å²) in [6.45, 7) is 0. The van der Waals surface area contributed by atoms with Crippen LogP contribution in [0.15, 0.2) is 176 Å². The third kappa shape index (κ3) is 5.42. The van der Waals surface area contributed by atoms with Gasteiger partial charge in [0.1, 0.15) is 0 Å². The molecule has 0 unspecified atom stereocenters. The summed E-state index contributed by atoms with van der Waals surface area (Å²) in [6.07, 6.45) is 1.79. The predicted molar refractivity (Wildman–Crippen MR) is 213 cm³/mol. The van der Waals surface area contributed by atoms with Gasteiger partial charge in [0, 0.05) is 44.4 Å². The predicted octanol–water partition coefficient (Wildman–Crippen LogP) is 11.6. The summed E-state index contributed by atoms with van der Waals surface area (Å²) in [4.78, 5) is 24.8. The summed E-state index contributed by atoms with van der Waals surface area (Å²) in [6, 6.07) is 58.6. The van der Waals surface area contributed by atoms with Gasteiger partial charge in [-0.3, -0.25) is 4.98 Å². The number of nitrogens with zero attached hydrogens (tertiary/aromatic N) is 5. The minimum atomic E-state index is 0.852. The topological polar surface area (TPSA) is 64.5 Å². The highest BCUT2D eigenvalue weighted by molar-refractivity contribution is 6.04. The van der Waals surface area contributed by atoms with E-state index in [1.807, 2.05) is 42.5 Å². The second-order valence-electron chi connectivity index (χ2n) is 13.0. The molecule has 0 saturated carbocycles. The van der Waals surface area contributed by atoms with Crippen LogP contribution in [0.5, 0.6) is 0 Å². The van der Waals surface area contributed by atoms with Gasteiger partial charge in [-0.25, -0.2) is 19.9 Å². The molecule has 0 spiro atoms. The molecule has 0 N–H and O–H groups in total. The van der Waals surface area contributed by atoms with E-state index in [-0.39, 0.29) is 0 Å². The van der Waals surface area contributed by atoms with Crippen molar-refractivity contribution in [2.45, 2.75) is 0 Å². The summed E-state index contributed by atoms with van der Waals surface area (Å²) >= 11 is 0. The third-order valence-electron chi connectivity index (χ3n) is 9.69. The lowest BCUT2D eigenvalue weighted by atomic mass is 9.99. The molecular formula is C47H29N5. The van der Waals surface area contributed by atoms with Crippen molar-refractivity contribution in [1.29, 1.82) is 0 Å². The second-order valence-corrected chi connectivity index (χ2v) is 13.0. The Bertz CT molecular complexity index is 2960. The number of pyridine rings is 5. The van der Waals surface area contributed by atoms with Gasteiger partial charge < -0.3 is 0 Å². The molecule has 10 aromatic rings. The van der Waals surface area contributed by atoms with Crippen LogP contribution in [0.3, 0.4) is 0 Å². The minimum absolute atomic E-state index is 0.852. The fourth-order valence-electron chi connectivity index (χ4n) is 6.95. The fraction of sp³-hybridized carbons (Fsp3) is 0. The molecule has 5 nitrogen and oxygen atoms in total. The molecule has 0 aliphatic carbocycles. The highest BCUT2D eigenvalue weighted by atomic mass is 14.8. The summed E-state index contributed by atoms with van der Waals surface area (Å²) in [7, 11) is 0. The van der Waals surface area contributed by atoms with Crippen molar-refractivity contribution in [2.75, 3.05) is 0 Å². The van der Waals surface area contributed by atoms with Gasteiger partial charge in [-0.1, -0.05) is 115 Å². The van der Waals surface area contributed by atoms with Crippen molar-refractivity contribution in [3.63, 3.8) is 0 Å². The third-order valence-corrected chi connectivity index (χ3v) is 9.69. The maximum atomic E-state index is 5.20. The fourth-order valence-corrected chi connectivity index (χ4v) is 6.95. The lowest BCUT2D eigenvalue weighted by molar-refractivity contribution is 1.28. The quantitative estimate of drug-likeness (QED) is 0.171. The minimum Gasteiger partial charge on any atom is -0.255 e. The Morgan fingerprint density at radius 1 is 0.269 bits per heavy atom. The van der Waals surface area contributed by atoms with E-state index in [0.29, 0.717) is 0 Å². The van der Waals surface area contributed by atoms with Crippen LogP contribution in [-0.2, 0) is 0 Å². The van der Waals surface area contributed by atoms with Crippen molar-refractivity contribution in [2.24, 2.45) is 0 Å². The summed E-state index contributed by atoms with van der Waals surface area (Å²) in [5.74, 6) is 0. The molecule has 0 amide bonds. The van der Waals surface area contributed by atoms with E-state index >= 15 is 0 Å². The zero-order chi connectivity index (χ0) is 34.4. The molecule has 0 aliphatic heterocycles. The number of fused-ring (bicyclic) bond motifs is 5. The molecule has 0 saturated heterocycles. The first-order valence-electron chi connectivity index (χ1n) is 17.3. The average molecular weight is 664 g/mol. The first-order valence-corrected chi connectivity index (χ1v) is 17.3. The number of rotatable bonds is 5. The van der Waals surface area contributed by atoms with Crippen LogP contribution in [0.1, 0.15) is 0 Å². The molecule has 10 rings (SSSR count). The molecule has 5 aromatic heterocycles. The number of hydrogen-bond donors (Lipinski definition) is 0. The zero-order valence-electron chi connectivity index (χ0n) is 28.0.